The number of halogens is 1. The fraction of sp³-hybridized carbons (Fsp3) is 0.417. The predicted molar refractivity (Wildman–Crippen MR) is 265 cm³/mol. The predicted octanol–water partition coefficient (Wildman–Crippen LogP) is 6.55. The molecule has 6 heterocycles. The number of carbonyl (C=O) groups is 2. The number of imidazole rings is 1. The van der Waals surface area contributed by atoms with Crippen LogP contribution in [-0.2, 0) is 34.0 Å². The molecule has 6 aromatic rings. The quantitative estimate of drug-likeness (QED) is 0.0842. The molecule has 18 heteroatoms. The minimum atomic E-state index is -2.72. The van der Waals surface area contributed by atoms with E-state index in [4.69, 9.17) is 11.1 Å². The first-order valence-electron chi connectivity index (χ1n) is 23.1. The number of aryl methyl sites for hydroxylation is 2. The SMILES string of the molecule is [2H]C1(n2c(=O)n(C)c3c(CCN4CCN(C5CCN(c6cc(OC)c(Nc7ncc(Br)c(Nc8cnc9ccccc9c8P(C)(C)=O)n7)cc6CC)CC5)CC4)cccc32)CCC(=O)NC1=O. The highest BCUT2D eigenvalue weighted by Crippen LogP contribution is 2.42. The van der Waals surface area contributed by atoms with E-state index < -0.39 is 30.7 Å². The Hall–Kier alpha value is -5.61. The summed E-state index contributed by atoms with van der Waals surface area (Å²) < 4.78 is 32.0. The fourth-order valence-electron chi connectivity index (χ4n) is 9.90. The third kappa shape index (κ3) is 9.10. The van der Waals surface area contributed by atoms with Crippen LogP contribution in [0.3, 0.4) is 0 Å². The summed E-state index contributed by atoms with van der Waals surface area (Å²) in [5.41, 5.74) is 6.35. The van der Waals surface area contributed by atoms with Crippen molar-refractivity contribution in [3.05, 3.63) is 93.1 Å². The van der Waals surface area contributed by atoms with Crippen LogP contribution in [-0.4, -0.2) is 118 Å². The van der Waals surface area contributed by atoms with Crippen molar-refractivity contribution < 1.29 is 20.3 Å². The number of amides is 2. The molecule has 3 aromatic carbocycles. The number of piperidine rings is 2. The Kier molecular flexibility index (Phi) is 12.7. The Bertz CT molecular complexity index is 3000. The molecule has 0 aliphatic carbocycles. The van der Waals surface area contributed by atoms with Crippen LogP contribution >= 0.6 is 23.1 Å². The Morgan fingerprint density at radius 1 is 0.924 bits per heavy atom. The molecule has 0 saturated carbocycles. The van der Waals surface area contributed by atoms with Gasteiger partial charge >= 0.3 is 5.69 Å². The molecule has 3 aliphatic rings. The summed E-state index contributed by atoms with van der Waals surface area (Å²) in [6.45, 7) is 12.3. The molecule has 3 fully saturated rings. The number of hydrogen-bond acceptors (Lipinski definition) is 13. The van der Waals surface area contributed by atoms with Crippen LogP contribution in [0.15, 0.2) is 76.3 Å². The van der Waals surface area contributed by atoms with E-state index in [9.17, 15) is 18.9 Å². The lowest BCUT2D eigenvalue weighted by Crippen LogP contribution is -2.53. The van der Waals surface area contributed by atoms with Gasteiger partial charge in [-0.3, -0.25) is 33.9 Å². The molecule has 3 N–H and O–H groups in total. The largest absolute Gasteiger partial charge is 0.494 e. The van der Waals surface area contributed by atoms with Gasteiger partial charge in [0.05, 0.1) is 47.1 Å². The molecule has 0 radical (unpaired) electrons. The van der Waals surface area contributed by atoms with Gasteiger partial charge in [-0.15, -0.1) is 0 Å². The summed E-state index contributed by atoms with van der Waals surface area (Å²) in [4.78, 5) is 59.9. The number of benzene rings is 3. The lowest BCUT2D eigenvalue weighted by Gasteiger charge is -2.43. The normalized spacial score (nSPS) is 19.3. The minimum Gasteiger partial charge on any atom is -0.494 e. The number of hydrogen-bond donors (Lipinski definition) is 3. The van der Waals surface area contributed by atoms with Crippen LogP contribution < -0.4 is 36.6 Å². The van der Waals surface area contributed by atoms with Gasteiger partial charge in [-0.1, -0.05) is 37.3 Å². The monoisotopic (exact) mass is 978 g/mol. The molecule has 66 heavy (non-hydrogen) atoms. The van der Waals surface area contributed by atoms with Gasteiger partial charge in [0.1, 0.15) is 24.7 Å². The van der Waals surface area contributed by atoms with Crippen molar-refractivity contribution in [2.24, 2.45) is 7.05 Å². The van der Waals surface area contributed by atoms with Gasteiger partial charge in [-0.25, -0.2) is 9.78 Å². The summed E-state index contributed by atoms with van der Waals surface area (Å²) in [6, 6.07) is 16.3. The topological polar surface area (TPSA) is 172 Å². The zero-order chi connectivity index (χ0) is 47.2. The number of nitrogens with zero attached hydrogens (tertiary/aromatic N) is 8. The van der Waals surface area contributed by atoms with Crippen molar-refractivity contribution in [3.8, 4) is 5.75 Å². The van der Waals surface area contributed by atoms with Gasteiger partial charge in [-0.2, -0.15) is 4.98 Å². The molecule has 1 unspecified atom stereocenters. The fourth-order valence-corrected chi connectivity index (χ4v) is 11.7. The third-order valence-electron chi connectivity index (χ3n) is 13.3. The third-order valence-corrected chi connectivity index (χ3v) is 15.4. The van der Waals surface area contributed by atoms with E-state index in [0.29, 0.717) is 39.2 Å². The van der Waals surface area contributed by atoms with Crippen molar-refractivity contribution in [2.45, 2.75) is 57.5 Å². The van der Waals surface area contributed by atoms with Crippen molar-refractivity contribution in [2.75, 3.05) is 81.8 Å². The molecular formula is C48H57BrN11O5P. The van der Waals surface area contributed by atoms with Gasteiger partial charge in [0.25, 0.3) is 0 Å². The number of para-hydroxylation sites is 2. The van der Waals surface area contributed by atoms with E-state index in [-0.39, 0.29) is 12.8 Å². The number of ether oxygens (including phenoxy) is 1. The first-order valence-corrected chi connectivity index (χ1v) is 26.0. The van der Waals surface area contributed by atoms with Crippen LogP contribution in [0.25, 0.3) is 21.9 Å². The molecule has 9 rings (SSSR count). The highest BCUT2D eigenvalue weighted by molar-refractivity contribution is 9.10. The number of piperazine rings is 1. The highest BCUT2D eigenvalue weighted by atomic mass is 79.9. The standard InChI is InChI=1S/C48H57BrN11O5P/c1-6-30-26-36(53-47-51-28-34(49)45(55-47)52-37-29-50-35-12-8-7-11-33(35)44(37)66(4,5)64)41(65-3)27-40(30)59-20-17-32(18-21-59)58-24-22-57(23-25-58)19-16-31-10-9-13-38-43(31)56(2)48(63)60(38)39-14-15-42(61)54-46(39)62/h7-13,26-29,32,39H,6,14-25H2,1-5H3,(H,54,61,62)(H2,51,52,53,55)/i39D. The van der Waals surface area contributed by atoms with Crippen LogP contribution in [0.2, 0.25) is 0 Å². The summed E-state index contributed by atoms with van der Waals surface area (Å²) >= 11 is 3.60. The molecule has 3 saturated heterocycles. The minimum absolute atomic E-state index is 0.00956. The van der Waals surface area contributed by atoms with Crippen molar-refractivity contribution >= 4 is 91.0 Å². The van der Waals surface area contributed by atoms with Gasteiger partial charge in [0.15, 0.2) is 0 Å². The number of methoxy groups -OCH3 is 1. The second-order valence-electron chi connectivity index (χ2n) is 17.7. The number of pyridine rings is 1. The maximum absolute atomic E-state index is 13.6. The molecule has 16 nitrogen and oxygen atoms in total. The number of carbonyl (C=O) groups excluding carboxylic acids is 2. The zero-order valence-corrected chi connectivity index (χ0v) is 40.5. The van der Waals surface area contributed by atoms with E-state index in [1.54, 1.807) is 45.9 Å². The number of anilines is 5. The van der Waals surface area contributed by atoms with Crippen LogP contribution in [0.1, 0.15) is 51.1 Å². The molecule has 346 valence electrons. The number of rotatable bonds is 13. The maximum Gasteiger partial charge on any atom is 0.329 e. The van der Waals surface area contributed by atoms with Gasteiger partial charge < -0.3 is 29.7 Å². The zero-order valence-electron chi connectivity index (χ0n) is 39.1. The summed E-state index contributed by atoms with van der Waals surface area (Å²) in [7, 11) is 0.640. The molecule has 0 bridgehead atoms. The molecule has 3 aliphatic heterocycles. The average Bonchev–Trinajstić information content (AvgIpc) is 3.59. The Morgan fingerprint density at radius 3 is 2.42 bits per heavy atom. The van der Waals surface area contributed by atoms with Crippen molar-refractivity contribution in [1.82, 2.24) is 39.2 Å². The Morgan fingerprint density at radius 2 is 1.70 bits per heavy atom. The van der Waals surface area contributed by atoms with E-state index in [2.05, 4.69) is 75.6 Å². The highest BCUT2D eigenvalue weighted by Gasteiger charge is 2.33. The smallest absolute Gasteiger partial charge is 0.329 e. The number of nitrogens with one attached hydrogen (secondary N) is 3. The molecule has 3 aromatic heterocycles. The van der Waals surface area contributed by atoms with Crippen molar-refractivity contribution in [1.29, 1.82) is 0 Å². The maximum atomic E-state index is 13.6. The van der Waals surface area contributed by atoms with Gasteiger partial charge in [-0.05, 0) is 90.7 Å². The number of imide groups is 1. The number of aromatic nitrogens is 5. The van der Waals surface area contributed by atoms with E-state index in [0.717, 1.165) is 104 Å². The summed E-state index contributed by atoms with van der Waals surface area (Å²) in [6.07, 6.45) is 7.03. The van der Waals surface area contributed by atoms with Crippen LogP contribution in [0.5, 0.6) is 5.75 Å². The van der Waals surface area contributed by atoms with Crippen LogP contribution in [0.4, 0.5) is 28.8 Å². The van der Waals surface area contributed by atoms with Gasteiger partial charge in [0.2, 0.25) is 17.8 Å². The Labute approximate surface area is 394 Å². The lowest BCUT2D eigenvalue weighted by atomic mass is 9.99. The molecule has 1 atom stereocenters. The summed E-state index contributed by atoms with van der Waals surface area (Å²) in [5, 5.41) is 10.6. The number of fused-ring (bicyclic) bond motifs is 2. The lowest BCUT2D eigenvalue weighted by molar-refractivity contribution is -0.135. The van der Waals surface area contributed by atoms with Crippen molar-refractivity contribution in [3.63, 3.8) is 0 Å². The molecule has 0 spiro atoms. The first-order chi connectivity index (χ1) is 32.2. The first kappa shape index (κ1) is 44.2. The summed E-state index contributed by atoms with van der Waals surface area (Å²) in [5.74, 6) is 0.383. The van der Waals surface area contributed by atoms with Crippen LogP contribution in [0, 0.1) is 0 Å². The second kappa shape index (κ2) is 18.9. The average molecular weight is 980 g/mol. The van der Waals surface area contributed by atoms with E-state index >= 15 is 0 Å². The second-order valence-corrected chi connectivity index (χ2v) is 21.7. The molecule has 2 amide bonds. The molecular weight excluding hydrogens is 921 g/mol. The van der Waals surface area contributed by atoms with Gasteiger partial charge in [0, 0.05) is 94.0 Å². The van der Waals surface area contributed by atoms with E-state index in [1.807, 2.05) is 36.4 Å². The van der Waals surface area contributed by atoms with E-state index in [1.165, 1.54) is 20.4 Å². The Balaban J connectivity index is 0.820.